The minimum absolute atomic E-state index is 0.0716. The summed E-state index contributed by atoms with van der Waals surface area (Å²) in [7, 11) is 0. The largest absolute Gasteiger partial charge is 0.409 e. The summed E-state index contributed by atoms with van der Waals surface area (Å²) in [5.74, 6) is -0.357. The summed E-state index contributed by atoms with van der Waals surface area (Å²) in [6, 6.07) is 3.63. The van der Waals surface area contributed by atoms with Crippen LogP contribution in [0.3, 0.4) is 0 Å². The van der Waals surface area contributed by atoms with E-state index in [-0.39, 0.29) is 11.7 Å². The van der Waals surface area contributed by atoms with Gasteiger partial charge in [-0.3, -0.25) is 9.78 Å². The molecule has 1 aromatic rings. The van der Waals surface area contributed by atoms with Gasteiger partial charge >= 0.3 is 0 Å². The minimum atomic E-state index is -1.01. The molecule has 0 radical (unpaired) electrons. The molecule has 1 heterocycles. The van der Waals surface area contributed by atoms with Crippen LogP contribution in [0.25, 0.3) is 0 Å². The van der Waals surface area contributed by atoms with E-state index < -0.39 is 5.41 Å². The number of oxime groups is 1. The number of amides is 1. The van der Waals surface area contributed by atoms with Gasteiger partial charge < -0.3 is 16.3 Å². The van der Waals surface area contributed by atoms with Crippen LogP contribution in [0, 0.1) is 19.3 Å². The highest BCUT2D eigenvalue weighted by Gasteiger charge is 2.40. The normalized spacial score (nSPS) is 12.3. The Hall–Kier alpha value is -2.11. The van der Waals surface area contributed by atoms with Crippen molar-refractivity contribution in [2.45, 2.75) is 40.5 Å². The summed E-state index contributed by atoms with van der Waals surface area (Å²) in [6.07, 6.45) is 0.896. The first-order chi connectivity index (χ1) is 9.41. The van der Waals surface area contributed by atoms with E-state index in [0.717, 1.165) is 11.4 Å². The molecular weight excluding hydrogens is 256 g/mol. The number of rotatable bonds is 5. The molecule has 0 saturated heterocycles. The van der Waals surface area contributed by atoms with Crippen LogP contribution in [0.4, 0.5) is 5.69 Å². The summed E-state index contributed by atoms with van der Waals surface area (Å²) in [6.45, 7) is 7.38. The van der Waals surface area contributed by atoms with Gasteiger partial charge in [-0.15, -0.1) is 0 Å². The van der Waals surface area contributed by atoms with Crippen molar-refractivity contribution in [2.75, 3.05) is 5.32 Å². The van der Waals surface area contributed by atoms with Gasteiger partial charge in [0.1, 0.15) is 5.41 Å². The van der Waals surface area contributed by atoms with Crippen LogP contribution in [-0.2, 0) is 4.79 Å². The van der Waals surface area contributed by atoms with Crippen LogP contribution >= 0.6 is 0 Å². The molecule has 0 bridgehead atoms. The number of aryl methyl sites for hydroxylation is 2. The van der Waals surface area contributed by atoms with Crippen molar-refractivity contribution < 1.29 is 10.0 Å². The van der Waals surface area contributed by atoms with Crippen molar-refractivity contribution in [1.82, 2.24) is 4.98 Å². The number of aromatic nitrogens is 1. The molecule has 0 aliphatic carbocycles. The number of carbonyl (C=O) groups is 1. The van der Waals surface area contributed by atoms with Crippen LogP contribution in [-0.4, -0.2) is 21.9 Å². The Morgan fingerprint density at radius 2 is 2.00 bits per heavy atom. The van der Waals surface area contributed by atoms with E-state index in [1.54, 1.807) is 6.07 Å². The first-order valence-corrected chi connectivity index (χ1v) is 6.65. The zero-order valence-corrected chi connectivity index (χ0v) is 12.4. The number of nitrogens with two attached hydrogens (primary N) is 1. The Labute approximate surface area is 119 Å². The molecule has 6 nitrogen and oxygen atoms in total. The van der Waals surface area contributed by atoms with Crippen molar-refractivity contribution in [1.29, 1.82) is 0 Å². The fraction of sp³-hybridized carbons (Fsp3) is 0.500. The van der Waals surface area contributed by atoms with Crippen LogP contribution in [0.1, 0.15) is 38.1 Å². The summed E-state index contributed by atoms with van der Waals surface area (Å²) >= 11 is 0. The lowest BCUT2D eigenvalue weighted by atomic mass is 9.80. The Bertz CT molecular complexity index is 522. The van der Waals surface area contributed by atoms with Gasteiger partial charge in [0, 0.05) is 5.69 Å². The molecule has 20 heavy (non-hydrogen) atoms. The highest BCUT2D eigenvalue weighted by atomic mass is 16.4. The van der Waals surface area contributed by atoms with Crippen molar-refractivity contribution in [2.24, 2.45) is 16.3 Å². The Morgan fingerprint density at radius 3 is 2.45 bits per heavy atom. The van der Waals surface area contributed by atoms with E-state index in [1.807, 2.05) is 33.8 Å². The molecular formula is C14H22N4O2. The van der Waals surface area contributed by atoms with Crippen LogP contribution in [0.15, 0.2) is 17.3 Å². The zero-order valence-electron chi connectivity index (χ0n) is 12.4. The van der Waals surface area contributed by atoms with E-state index in [2.05, 4.69) is 15.5 Å². The number of anilines is 1. The first kappa shape index (κ1) is 15.9. The molecule has 4 N–H and O–H groups in total. The van der Waals surface area contributed by atoms with E-state index in [9.17, 15) is 4.79 Å². The van der Waals surface area contributed by atoms with Gasteiger partial charge in [0.25, 0.3) is 0 Å². The number of pyridine rings is 1. The number of hydrogen-bond acceptors (Lipinski definition) is 4. The maximum absolute atomic E-state index is 12.5. The van der Waals surface area contributed by atoms with Crippen molar-refractivity contribution in [3.63, 3.8) is 0 Å². The molecule has 0 aromatic carbocycles. The quantitative estimate of drug-likeness (QED) is 0.332. The highest BCUT2D eigenvalue weighted by Crippen LogP contribution is 2.29. The average Bonchev–Trinajstić information content (AvgIpc) is 2.43. The summed E-state index contributed by atoms with van der Waals surface area (Å²) in [5.41, 5.74) is 6.96. The molecule has 1 amide bonds. The summed E-state index contributed by atoms with van der Waals surface area (Å²) in [4.78, 5) is 16.8. The lowest BCUT2D eigenvalue weighted by molar-refractivity contribution is -0.122. The smallest absolute Gasteiger partial charge is 0.238 e. The van der Waals surface area contributed by atoms with Crippen LogP contribution in [0.5, 0.6) is 0 Å². The fourth-order valence-electron chi connectivity index (χ4n) is 2.21. The van der Waals surface area contributed by atoms with Gasteiger partial charge in [0.2, 0.25) is 5.91 Å². The Morgan fingerprint density at radius 1 is 1.40 bits per heavy atom. The molecule has 0 fully saturated rings. The van der Waals surface area contributed by atoms with E-state index in [4.69, 9.17) is 10.9 Å². The maximum Gasteiger partial charge on any atom is 0.238 e. The first-order valence-electron chi connectivity index (χ1n) is 6.65. The number of nitrogens with zero attached hydrogens (tertiary/aromatic N) is 2. The average molecular weight is 278 g/mol. The van der Waals surface area contributed by atoms with E-state index >= 15 is 0 Å². The predicted molar refractivity (Wildman–Crippen MR) is 78.8 cm³/mol. The van der Waals surface area contributed by atoms with Gasteiger partial charge in [-0.2, -0.15) is 0 Å². The van der Waals surface area contributed by atoms with Gasteiger partial charge in [-0.05, 0) is 38.8 Å². The number of amidine groups is 1. The topological polar surface area (TPSA) is 101 Å². The van der Waals surface area contributed by atoms with Crippen LogP contribution < -0.4 is 11.1 Å². The van der Waals surface area contributed by atoms with Crippen molar-refractivity contribution >= 4 is 17.4 Å². The van der Waals surface area contributed by atoms with Crippen molar-refractivity contribution in [3.8, 4) is 0 Å². The molecule has 0 aliphatic heterocycles. The standard InChI is InChI=1S/C14H22N4O2/c1-5-14(6-2,12(15)18-20)13(19)17-11-8-7-9(3)16-10(11)4/h7-8,20H,5-6H2,1-4H3,(H2,15,18)(H,17,19). The highest BCUT2D eigenvalue weighted by molar-refractivity contribution is 6.11. The molecule has 0 saturated carbocycles. The monoisotopic (exact) mass is 278 g/mol. The second-order valence-electron chi connectivity index (χ2n) is 4.81. The Kier molecular flexibility index (Phi) is 5.07. The third-order valence-corrected chi connectivity index (χ3v) is 3.71. The van der Waals surface area contributed by atoms with Gasteiger partial charge in [-0.1, -0.05) is 19.0 Å². The SMILES string of the molecule is CCC(CC)(C(=O)Nc1ccc(C)nc1C)/C(N)=N/O. The lowest BCUT2D eigenvalue weighted by Crippen LogP contribution is -2.46. The molecule has 0 aliphatic rings. The number of nitrogens with one attached hydrogen (secondary N) is 1. The molecule has 110 valence electrons. The minimum Gasteiger partial charge on any atom is -0.409 e. The van der Waals surface area contributed by atoms with E-state index in [1.165, 1.54) is 0 Å². The summed E-state index contributed by atoms with van der Waals surface area (Å²) in [5, 5.41) is 14.8. The molecule has 0 atom stereocenters. The lowest BCUT2D eigenvalue weighted by Gasteiger charge is -2.28. The third kappa shape index (κ3) is 2.89. The number of carbonyl (C=O) groups excluding carboxylic acids is 1. The maximum atomic E-state index is 12.5. The van der Waals surface area contributed by atoms with Crippen LogP contribution in [0.2, 0.25) is 0 Å². The second-order valence-corrected chi connectivity index (χ2v) is 4.81. The second kappa shape index (κ2) is 6.36. The molecule has 1 rings (SSSR count). The van der Waals surface area contributed by atoms with Gasteiger partial charge in [0.05, 0.1) is 11.4 Å². The third-order valence-electron chi connectivity index (χ3n) is 3.71. The molecule has 0 spiro atoms. The van der Waals surface area contributed by atoms with E-state index in [0.29, 0.717) is 18.5 Å². The zero-order chi connectivity index (χ0) is 15.3. The predicted octanol–water partition coefficient (Wildman–Crippen LogP) is 2.19. The number of hydrogen-bond donors (Lipinski definition) is 3. The fourth-order valence-corrected chi connectivity index (χ4v) is 2.21. The van der Waals surface area contributed by atoms with Gasteiger partial charge in [0.15, 0.2) is 5.84 Å². The molecule has 6 heteroatoms. The van der Waals surface area contributed by atoms with Crippen molar-refractivity contribution in [3.05, 3.63) is 23.5 Å². The Balaban J connectivity index is 3.09. The molecule has 1 aromatic heterocycles. The van der Waals surface area contributed by atoms with Gasteiger partial charge in [-0.25, -0.2) is 0 Å². The molecule has 0 unspecified atom stereocenters. The summed E-state index contributed by atoms with van der Waals surface area (Å²) < 4.78 is 0.